The molecule has 146 valence electrons. The number of alkyl halides is 3. The zero-order valence-electron chi connectivity index (χ0n) is 14.4. The monoisotopic (exact) mass is 393 g/mol. The van der Waals surface area contributed by atoms with Crippen molar-refractivity contribution in [2.24, 2.45) is 5.10 Å². The number of hydrazone groups is 1. The van der Waals surface area contributed by atoms with Crippen molar-refractivity contribution in [2.75, 3.05) is 12.4 Å². The van der Waals surface area contributed by atoms with Gasteiger partial charge < -0.3 is 10.1 Å². The number of methoxy groups -OCH3 is 1. The molecule has 2 N–H and O–H groups in total. The summed E-state index contributed by atoms with van der Waals surface area (Å²) in [6.45, 7) is 0. The summed E-state index contributed by atoms with van der Waals surface area (Å²) in [5, 5.41) is 5.75. The second kappa shape index (κ2) is 8.80. The van der Waals surface area contributed by atoms with E-state index in [1.165, 1.54) is 25.5 Å². The molecular formula is C18H14F3N3O4. The van der Waals surface area contributed by atoms with Crippen LogP contribution in [0.2, 0.25) is 0 Å². The second-order valence-corrected chi connectivity index (χ2v) is 5.34. The molecule has 7 nitrogen and oxygen atoms in total. The molecule has 2 aromatic rings. The first-order valence-electron chi connectivity index (χ1n) is 7.70. The normalized spacial score (nSPS) is 11.1. The zero-order valence-corrected chi connectivity index (χ0v) is 14.4. The Bertz CT molecular complexity index is 892. The molecule has 0 heterocycles. The number of anilines is 1. The van der Waals surface area contributed by atoms with Crippen LogP contribution in [-0.2, 0) is 20.5 Å². The fourth-order valence-corrected chi connectivity index (χ4v) is 1.97. The van der Waals surface area contributed by atoms with Crippen molar-refractivity contribution >= 4 is 29.7 Å². The zero-order chi connectivity index (χ0) is 20.7. The number of hydrogen-bond acceptors (Lipinski definition) is 5. The molecule has 0 fully saturated rings. The van der Waals surface area contributed by atoms with Gasteiger partial charge in [-0.2, -0.15) is 18.3 Å². The molecule has 0 saturated heterocycles. The van der Waals surface area contributed by atoms with Gasteiger partial charge in [0, 0.05) is 5.69 Å². The number of nitrogens with zero attached hydrogens (tertiary/aromatic N) is 1. The maximum atomic E-state index is 12.5. The molecule has 2 amide bonds. The predicted octanol–water partition coefficient (Wildman–Crippen LogP) is 2.58. The number of esters is 1. The molecule has 10 heteroatoms. The molecule has 2 aromatic carbocycles. The SMILES string of the molecule is COC(=O)c1ccc(C=NNC(=O)C(=O)Nc2ccc(C(F)(F)F)cc2)cc1. The molecule has 0 bridgehead atoms. The van der Waals surface area contributed by atoms with Crippen LogP contribution in [0.3, 0.4) is 0 Å². The number of carbonyl (C=O) groups is 3. The minimum Gasteiger partial charge on any atom is -0.465 e. The Morgan fingerprint density at radius 3 is 2.11 bits per heavy atom. The average Bonchev–Trinajstić information content (AvgIpc) is 2.67. The molecule has 0 atom stereocenters. The van der Waals surface area contributed by atoms with E-state index in [1.54, 1.807) is 12.1 Å². The molecule has 0 aliphatic rings. The summed E-state index contributed by atoms with van der Waals surface area (Å²) in [6.07, 6.45) is -3.26. The Hall–Kier alpha value is -3.69. The van der Waals surface area contributed by atoms with Gasteiger partial charge in [0.1, 0.15) is 0 Å². The van der Waals surface area contributed by atoms with E-state index in [2.05, 4.69) is 15.2 Å². The Morgan fingerprint density at radius 2 is 1.57 bits per heavy atom. The summed E-state index contributed by atoms with van der Waals surface area (Å²) in [5.41, 5.74) is 2.00. The largest absolute Gasteiger partial charge is 0.465 e. The molecule has 0 spiro atoms. The summed E-state index contributed by atoms with van der Waals surface area (Å²) < 4.78 is 42.0. The summed E-state index contributed by atoms with van der Waals surface area (Å²) >= 11 is 0. The maximum Gasteiger partial charge on any atom is 0.416 e. The molecule has 28 heavy (non-hydrogen) atoms. The van der Waals surface area contributed by atoms with E-state index in [0.29, 0.717) is 11.1 Å². The van der Waals surface area contributed by atoms with Gasteiger partial charge in [-0.05, 0) is 42.0 Å². The summed E-state index contributed by atoms with van der Waals surface area (Å²) in [4.78, 5) is 34.7. The highest BCUT2D eigenvalue weighted by molar-refractivity contribution is 6.39. The van der Waals surface area contributed by atoms with E-state index in [1.807, 2.05) is 5.43 Å². The highest BCUT2D eigenvalue weighted by Gasteiger charge is 2.30. The Kier molecular flexibility index (Phi) is 6.48. The first-order chi connectivity index (χ1) is 13.2. The fourth-order valence-electron chi connectivity index (χ4n) is 1.97. The van der Waals surface area contributed by atoms with E-state index in [0.717, 1.165) is 24.3 Å². The van der Waals surface area contributed by atoms with Crippen molar-refractivity contribution in [3.8, 4) is 0 Å². The first kappa shape index (κ1) is 20.6. The van der Waals surface area contributed by atoms with Gasteiger partial charge in [0.2, 0.25) is 0 Å². The van der Waals surface area contributed by atoms with E-state index in [4.69, 9.17) is 0 Å². The third-order valence-corrected chi connectivity index (χ3v) is 3.39. The minimum atomic E-state index is -4.50. The molecular weight excluding hydrogens is 379 g/mol. The quantitative estimate of drug-likeness (QED) is 0.361. The van der Waals surface area contributed by atoms with Crippen molar-refractivity contribution in [3.05, 3.63) is 65.2 Å². The highest BCUT2D eigenvalue weighted by atomic mass is 19.4. The summed E-state index contributed by atoms with van der Waals surface area (Å²) in [7, 11) is 1.25. The van der Waals surface area contributed by atoms with Crippen LogP contribution in [0.4, 0.5) is 18.9 Å². The number of rotatable bonds is 4. The molecule has 2 rings (SSSR count). The van der Waals surface area contributed by atoms with E-state index in [-0.39, 0.29) is 5.69 Å². The summed E-state index contributed by atoms with van der Waals surface area (Å²) in [5.74, 6) is -2.71. The maximum absolute atomic E-state index is 12.5. The summed E-state index contributed by atoms with van der Waals surface area (Å²) in [6, 6.07) is 9.70. The lowest BCUT2D eigenvalue weighted by Gasteiger charge is -2.08. The number of nitrogens with one attached hydrogen (secondary N) is 2. The third kappa shape index (κ3) is 5.66. The van der Waals surface area contributed by atoms with Gasteiger partial charge in [-0.15, -0.1) is 0 Å². The Labute approximate surface area is 157 Å². The van der Waals surface area contributed by atoms with Crippen LogP contribution in [0, 0.1) is 0 Å². The van der Waals surface area contributed by atoms with Crippen molar-refractivity contribution in [3.63, 3.8) is 0 Å². The van der Waals surface area contributed by atoms with Crippen LogP contribution in [0.15, 0.2) is 53.6 Å². The minimum absolute atomic E-state index is 0.0236. The predicted molar refractivity (Wildman–Crippen MR) is 93.6 cm³/mol. The number of hydrogen-bond donors (Lipinski definition) is 2. The molecule has 0 aliphatic heterocycles. The van der Waals surface area contributed by atoms with Crippen molar-refractivity contribution in [1.29, 1.82) is 0 Å². The number of ether oxygens (including phenoxy) is 1. The van der Waals surface area contributed by atoms with Gasteiger partial charge in [0.05, 0.1) is 24.5 Å². The van der Waals surface area contributed by atoms with Crippen molar-refractivity contribution in [1.82, 2.24) is 5.43 Å². The van der Waals surface area contributed by atoms with Gasteiger partial charge in [0.15, 0.2) is 0 Å². The van der Waals surface area contributed by atoms with Crippen LogP contribution in [-0.4, -0.2) is 31.1 Å². The van der Waals surface area contributed by atoms with Crippen molar-refractivity contribution in [2.45, 2.75) is 6.18 Å². The van der Waals surface area contributed by atoms with Crippen LogP contribution in [0.25, 0.3) is 0 Å². The number of benzene rings is 2. The lowest BCUT2D eigenvalue weighted by Crippen LogP contribution is -2.32. The van der Waals surface area contributed by atoms with Crippen LogP contribution < -0.4 is 10.7 Å². The molecule has 0 unspecified atom stereocenters. The molecule has 0 saturated carbocycles. The number of halogens is 3. The van der Waals surface area contributed by atoms with Gasteiger partial charge in [0.25, 0.3) is 0 Å². The Morgan fingerprint density at radius 1 is 0.964 bits per heavy atom. The molecule has 0 radical (unpaired) electrons. The van der Waals surface area contributed by atoms with Crippen molar-refractivity contribution < 1.29 is 32.3 Å². The number of carbonyl (C=O) groups excluding carboxylic acids is 3. The van der Waals surface area contributed by atoms with Crippen LogP contribution >= 0.6 is 0 Å². The lowest BCUT2D eigenvalue weighted by molar-refractivity contribution is -0.137. The van der Waals surface area contributed by atoms with E-state index >= 15 is 0 Å². The first-order valence-corrected chi connectivity index (χ1v) is 7.70. The fraction of sp³-hybridized carbons (Fsp3) is 0.111. The standard InChI is InChI=1S/C18H14F3N3O4/c1-28-17(27)12-4-2-11(3-5-12)10-22-24-16(26)15(25)23-14-8-6-13(7-9-14)18(19,20)21/h2-10H,1H3,(H,23,25)(H,24,26). The topological polar surface area (TPSA) is 96.9 Å². The van der Waals surface area contributed by atoms with Gasteiger partial charge in [-0.25, -0.2) is 10.2 Å². The average molecular weight is 393 g/mol. The van der Waals surface area contributed by atoms with Gasteiger partial charge >= 0.3 is 24.0 Å². The molecule has 0 aromatic heterocycles. The second-order valence-electron chi connectivity index (χ2n) is 5.34. The van der Waals surface area contributed by atoms with Gasteiger partial charge in [-0.3, -0.25) is 9.59 Å². The van der Waals surface area contributed by atoms with E-state index < -0.39 is 29.5 Å². The number of amides is 2. The molecule has 0 aliphatic carbocycles. The Balaban J connectivity index is 1.89. The van der Waals surface area contributed by atoms with Crippen LogP contribution in [0.1, 0.15) is 21.5 Å². The third-order valence-electron chi connectivity index (χ3n) is 3.39. The van der Waals surface area contributed by atoms with Crippen LogP contribution in [0.5, 0.6) is 0 Å². The van der Waals surface area contributed by atoms with Gasteiger partial charge in [-0.1, -0.05) is 12.1 Å². The van der Waals surface area contributed by atoms with E-state index in [9.17, 15) is 27.6 Å². The highest BCUT2D eigenvalue weighted by Crippen LogP contribution is 2.29. The lowest BCUT2D eigenvalue weighted by atomic mass is 10.1. The smallest absolute Gasteiger partial charge is 0.416 e.